The fourth-order valence-corrected chi connectivity index (χ4v) is 3.54. The summed E-state index contributed by atoms with van der Waals surface area (Å²) >= 11 is 1.19. The van der Waals surface area contributed by atoms with Crippen LogP contribution in [0.15, 0.2) is 41.3 Å². The minimum absolute atomic E-state index is 0.192. The van der Waals surface area contributed by atoms with E-state index >= 15 is 0 Å². The van der Waals surface area contributed by atoms with Crippen LogP contribution in [0.1, 0.15) is 35.1 Å². The van der Waals surface area contributed by atoms with Crippen LogP contribution in [0.25, 0.3) is 0 Å². The number of benzene rings is 1. The number of anilines is 1. The molecule has 6 nitrogen and oxygen atoms in total. The van der Waals surface area contributed by atoms with Gasteiger partial charge in [-0.05, 0) is 36.8 Å². The molecule has 2 N–H and O–H groups in total. The summed E-state index contributed by atoms with van der Waals surface area (Å²) in [5.74, 6) is -0.445. The van der Waals surface area contributed by atoms with Gasteiger partial charge in [-0.3, -0.25) is 9.59 Å². The van der Waals surface area contributed by atoms with Crippen molar-refractivity contribution < 1.29 is 18.0 Å². The number of nitrogens with one attached hydrogen (secondary N) is 2. The summed E-state index contributed by atoms with van der Waals surface area (Å²) in [6, 6.07) is 9.44. The Hall–Kier alpha value is -2.19. The Kier molecular flexibility index (Phi) is 5.40. The van der Waals surface area contributed by atoms with Crippen molar-refractivity contribution >= 4 is 38.0 Å². The first kappa shape index (κ1) is 18.2. The summed E-state index contributed by atoms with van der Waals surface area (Å²) in [4.78, 5) is 24.0. The third kappa shape index (κ3) is 4.65. The summed E-state index contributed by atoms with van der Waals surface area (Å²) in [7, 11) is -3.24. The number of amides is 2. The highest BCUT2D eigenvalue weighted by molar-refractivity contribution is 7.90. The summed E-state index contributed by atoms with van der Waals surface area (Å²) < 4.78 is 22.9. The molecule has 1 atom stereocenters. The monoisotopic (exact) mass is 366 g/mol. The van der Waals surface area contributed by atoms with Gasteiger partial charge in [-0.25, -0.2) is 8.42 Å². The van der Waals surface area contributed by atoms with Crippen LogP contribution in [0, 0.1) is 0 Å². The van der Waals surface area contributed by atoms with Gasteiger partial charge in [0.25, 0.3) is 5.91 Å². The molecule has 0 saturated heterocycles. The maximum absolute atomic E-state index is 12.2. The fraction of sp³-hybridized carbons (Fsp3) is 0.250. The molecule has 2 amide bonds. The standard InChI is InChI=1S/C16H18N2O4S2/c1-10(12-4-6-13(7-5-12)24(3,21)22)17-16(20)14-8-9-15(23-14)18-11(2)19/h4-10H,1-3H3,(H,17,20)(H,18,19). The number of thiophene rings is 1. The van der Waals surface area contributed by atoms with E-state index in [0.29, 0.717) is 9.88 Å². The van der Waals surface area contributed by atoms with Gasteiger partial charge in [-0.2, -0.15) is 0 Å². The maximum Gasteiger partial charge on any atom is 0.261 e. The molecule has 2 aromatic rings. The van der Waals surface area contributed by atoms with Gasteiger partial charge in [0, 0.05) is 13.2 Å². The molecule has 8 heteroatoms. The third-order valence-corrected chi connectivity index (χ3v) is 5.41. The van der Waals surface area contributed by atoms with Gasteiger partial charge in [0.1, 0.15) is 0 Å². The zero-order valence-corrected chi connectivity index (χ0v) is 15.1. The van der Waals surface area contributed by atoms with Gasteiger partial charge in [0.2, 0.25) is 5.91 Å². The quantitative estimate of drug-likeness (QED) is 0.851. The lowest BCUT2D eigenvalue weighted by Crippen LogP contribution is -2.25. The molecule has 1 unspecified atom stereocenters. The Morgan fingerprint density at radius 2 is 1.71 bits per heavy atom. The highest BCUT2D eigenvalue weighted by Crippen LogP contribution is 2.23. The van der Waals surface area contributed by atoms with Gasteiger partial charge < -0.3 is 10.6 Å². The molecule has 0 saturated carbocycles. The Morgan fingerprint density at radius 1 is 1.08 bits per heavy atom. The highest BCUT2D eigenvalue weighted by atomic mass is 32.2. The van der Waals surface area contributed by atoms with Crippen LogP contribution >= 0.6 is 11.3 Å². The molecule has 0 aliphatic carbocycles. The first-order valence-corrected chi connectivity index (χ1v) is 9.86. The van der Waals surface area contributed by atoms with Crippen LogP contribution in [-0.4, -0.2) is 26.5 Å². The van der Waals surface area contributed by atoms with Gasteiger partial charge in [0.15, 0.2) is 9.84 Å². The minimum Gasteiger partial charge on any atom is -0.345 e. The molecule has 0 fully saturated rings. The van der Waals surface area contributed by atoms with Crippen LogP contribution in [0.2, 0.25) is 0 Å². The molecule has 0 bridgehead atoms. The number of carbonyl (C=O) groups is 2. The molecule has 1 heterocycles. The van der Waals surface area contributed by atoms with E-state index < -0.39 is 9.84 Å². The predicted molar refractivity (Wildman–Crippen MR) is 94.1 cm³/mol. The summed E-state index contributed by atoms with van der Waals surface area (Å²) in [5.41, 5.74) is 0.800. The lowest BCUT2D eigenvalue weighted by molar-refractivity contribution is -0.114. The van der Waals surface area contributed by atoms with Crippen molar-refractivity contribution in [2.24, 2.45) is 0 Å². The van der Waals surface area contributed by atoms with E-state index in [-0.39, 0.29) is 22.8 Å². The Bertz CT molecular complexity index is 854. The average molecular weight is 366 g/mol. The maximum atomic E-state index is 12.2. The number of hydrogen-bond acceptors (Lipinski definition) is 5. The van der Waals surface area contributed by atoms with Crippen molar-refractivity contribution in [2.45, 2.75) is 24.8 Å². The van der Waals surface area contributed by atoms with Gasteiger partial charge in [-0.1, -0.05) is 12.1 Å². The zero-order chi connectivity index (χ0) is 17.9. The Labute approximate surface area is 144 Å². The molecular weight excluding hydrogens is 348 g/mol. The topological polar surface area (TPSA) is 92.3 Å². The molecule has 0 radical (unpaired) electrons. The molecular formula is C16H18N2O4S2. The van der Waals surface area contributed by atoms with E-state index in [1.807, 2.05) is 6.92 Å². The summed E-state index contributed by atoms with van der Waals surface area (Å²) in [6.07, 6.45) is 1.15. The number of rotatable bonds is 5. The van der Waals surface area contributed by atoms with E-state index in [1.165, 1.54) is 30.4 Å². The Morgan fingerprint density at radius 3 is 2.25 bits per heavy atom. The minimum atomic E-state index is -3.24. The molecule has 0 aliphatic rings. The summed E-state index contributed by atoms with van der Waals surface area (Å²) in [5, 5.41) is 6.08. The SMILES string of the molecule is CC(=O)Nc1ccc(C(=O)NC(C)c2ccc(S(C)(=O)=O)cc2)s1. The molecule has 0 spiro atoms. The lowest BCUT2D eigenvalue weighted by Gasteiger charge is -2.14. The van der Waals surface area contributed by atoms with E-state index in [0.717, 1.165) is 11.8 Å². The largest absolute Gasteiger partial charge is 0.345 e. The predicted octanol–water partition coefficient (Wildman–Crippen LogP) is 2.60. The zero-order valence-electron chi connectivity index (χ0n) is 13.5. The van der Waals surface area contributed by atoms with Crippen LogP contribution in [0.4, 0.5) is 5.00 Å². The van der Waals surface area contributed by atoms with Gasteiger partial charge in [0.05, 0.1) is 20.8 Å². The first-order valence-electron chi connectivity index (χ1n) is 7.15. The normalized spacial score (nSPS) is 12.5. The van der Waals surface area contributed by atoms with Crippen LogP contribution in [0.5, 0.6) is 0 Å². The molecule has 128 valence electrons. The van der Waals surface area contributed by atoms with Crippen LogP contribution in [-0.2, 0) is 14.6 Å². The van der Waals surface area contributed by atoms with Crippen molar-refractivity contribution in [1.82, 2.24) is 5.32 Å². The second-order valence-electron chi connectivity index (χ2n) is 5.38. The number of hydrogen-bond donors (Lipinski definition) is 2. The second-order valence-corrected chi connectivity index (χ2v) is 8.48. The van der Waals surface area contributed by atoms with Crippen LogP contribution in [0.3, 0.4) is 0 Å². The van der Waals surface area contributed by atoms with Crippen molar-refractivity contribution in [2.75, 3.05) is 11.6 Å². The van der Waals surface area contributed by atoms with E-state index in [1.54, 1.807) is 24.3 Å². The van der Waals surface area contributed by atoms with Gasteiger partial charge in [-0.15, -0.1) is 11.3 Å². The van der Waals surface area contributed by atoms with Crippen molar-refractivity contribution in [1.29, 1.82) is 0 Å². The van der Waals surface area contributed by atoms with Gasteiger partial charge >= 0.3 is 0 Å². The third-order valence-electron chi connectivity index (χ3n) is 3.28. The number of sulfone groups is 1. The second kappa shape index (κ2) is 7.14. The van der Waals surface area contributed by atoms with Crippen molar-refractivity contribution in [3.63, 3.8) is 0 Å². The molecule has 0 aliphatic heterocycles. The highest BCUT2D eigenvalue weighted by Gasteiger charge is 2.15. The molecule has 1 aromatic heterocycles. The van der Waals surface area contributed by atoms with Crippen molar-refractivity contribution in [3.05, 3.63) is 46.8 Å². The summed E-state index contributed by atoms with van der Waals surface area (Å²) in [6.45, 7) is 3.22. The first-order chi connectivity index (χ1) is 11.2. The fourth-order valence-electron chi connectivity index (χ4n) is 2.06. The van der Waals surface area contributed by atoms with Crippen LogP contribution < -0.4 is 10.6 Å². The van der Waals surface area contributed by atoms with Crippen molar-refractivity contribution in [3.8, 4) is 0 Å². The molecule has 1 aromatic carbocycles. The molecule has 24 heavy (non-hydrogen) atoms. The van der Waals surface area contributed by atoms with E-state index in [2.05, 4.69) is 10.6 Å². The lowest BCUT2D eigenvalue weighted by atomic mass is 10.1. The number of carbonyl (C=O) groups excluding carboxylic acids is 2. The average Bonchev–Trinajstić information content (AvgIpc) is 2.94. The van der Waals surface area contributed by atoms with E-state index in [9.17, 15) is 18.0 Å². The van der Waals surface area contributed by atoms with E-state index in [4.69, 9.17) is 0 Å². The Balaban J connectivity index is 2.06. The molecule has 2 rings (SSSR count). The smallest absolute Gasteiger partial charge is 0.261 e.